The molecule has 0 radical (unpaired) electrons. The van der Waals surface area contributed by atoms with Gasteiger partial charge in [-0.1, -0.05) is 17.3 Å². The Morgan fingerprint density at radius 2 is 2.16 bits per heavy atom. The number of nitrogens with zero attached hydrogens (tertiary/aromatic N) is 1. The summed E-state index contributed by atoms with van der Waals surface area (Å²) in [6, 6.07) is 8.40. The molecular weight excluding hydrogens is 246 g/mol. The molecule has 4 N–H and O–H groups in total. The molecule has 0 saturated heterocycles. The molecule has 0 saturated carbocycles. The largest absolute Gasteiger partial charge is 0.469 e. The fourth-order valence-electron chi connectivity index (χ4n) is 1.63. The van der Waals surface area contributed by atoms with E-state index in [1.165, 1.54) is 6.26 Å². The number of carbonyl (C=O) groups excluding carboxylic acids is 1. The number of carbonyl (C=O) groups is 1. The SMILES string of the molecule is Cc1cc(C(=O)Nc2ccccc2/C(N)=N/O)co1. The number of nitrogens with two attached hydrogens (primary N) is 1. The first-order chi connectivity index (χ1) is 9.11. The predicted octanol–water partition coefficient (Wildman–Crippen LogP) is 1.93. The number of amidine groups is 1. The Bertz CT molecular complexity index is 632. The van der Waals surface area contributed by atoms with Gasteiger partial charge in [0, 0.05) is 5.56 Å². The zero-order valence-electron chi connectivity index (χ0n) is 10.3. The summed E-state index contributed by atoms with van der Waals surface area (Å²) >= 11 is 0. The molecule has 2 rings (SSSR count). The topological polar surface area (TPSA) is 101 Å². The third-order valence-corrected chi connectivity index (χ3v) is 2.55. The van der Waals surface area contributed by atoms with Gasteiger partial charge in [-0.25, -0.2) is 0 Å². The van der Waals surface area contributed by atoms with E-state index >= 15 is 0 Å². The second-order valence-electron chi connectivity index (χ2n) is 3.93. The summed E-state index contributed by atoms with van der Waals surface area (Å²) in [7, 11) is 0. The molecule has 98 valence electrons. The summed E-state index contributed by atoms with van der Waals surface area (Å²) < 4.78 is 5.07. The highest BCUT2D eigenvalue weighted by Crippen LogP contribution is 2.16. The fraction of sp³-hybridized carbons (Fsp3) is 0.0769. The summed E-state index contributed by atoms with van der Waals surface area (Å²) in [6.45, 7) is 1.75. The van der Waals surface area contributed by atoms with Gasteiger partial charge in [-0.15, -0.1) is 0 Å². The van der Waals surface area contributed by atoms with Crippen LogP contribution in [0.4, 0.5) is 5.69 Å². The number of furan rings is 1. The number of para-hydroxylation sites is 1. The molecule has 0 aliphatic rings. The molecule has 1 aromatic carbocycles. The number of benzene rings is 1. The first-order valence-corrected chi connectivity index (χ1v) is 5.55. The summed E-state index contributed by atoms with van der Waals surface area (Å²) in [6.07, 6.45) is 1.37. The Labute approximate surface area is 109 Å². The highest BCUT2D eigenvalue weighted by atomic mass is 16.4. The van der Waals surface area contributed by atoms with Crippen LogP contribution in [0.5, 0.6) is 0 Å². The van der Waals surface area contributed by atoms with Crippen LogP contribution in [0.25, 0.3) is 0 Å². The molecule has 0 fully saturated rings. The van der Waals surface area contributed by atoms with Gasteiger partial charge in [-0.05, 0) is 25.1 Å². The van der Waals surface area contributed by atoms with Gasteiger partial charge in [-0.3, -0.25) is 4.79 Å². The van der Waals surface area contributed by atoms with E-state index in [-0.39, 0.29) is 11.7 Å². The van der Waals surface area contributed by atoms with Crippen LogP contribution < -0.4 is 11.1 Å². The second kappa shape index (κ2) is 5.26. The molecule has 1 aromatic heterocycles. The van der Waals surface area contributed by atoms with E-state index in [0.717, 1.165) is 0 Å². The standard InChI is InChI=1S/C13H13N3O3/c1-8-6-9(7-19-8)13(17)15-11-5-3-2-4-10(11)12(14)16-18/h2-7,18H,1H3,(H2,14,16)(H,15,17). The average molecular weight is 259 g/mol. The van der Waals surface area contributed by atoms with Crippen molar-refractivity contribution in [1.29, 1.82) is 0 Å². The maximum Gasteiger partial charge on any atom is 0.258 e. The Morgan fingerprint density at radius 1 is 1.42 bits per heavy atom. The number of nitrogens with one attached hydrogen (secondary N) is 1. The van der Waals surface area contributed by atoms with Crippen molar-refractivity contribution < 1.29 is 14.4 Å². The fourth-order valence-corrected chi connectivity index (χ4v) is 1.63. The zero-order chi connectivity index (χ0) is 13.8. The van der Waals surface area contributed by atoms with Crippen molar-refractivity contribution in [2.45, 2.75) is 6.92 Å². The van der Waals surface area contributed by atoms with Crippen molar-refractivity contribution >= 4 is 17.4 Å². The lowest BCUT2D eigenvalue weighted by atomic mass is 10.1. The summed E-state index contributed by atoms with van der Waals surface area (Å²) in [5.74, 6) is 0.254. The minimum absolute atomic E-state index is 0.0701. The van der Waals surface area contributed by atoms with Gasteiger partial charge in [0.05, 0.1) is 11.3 Å². The molecule has 2 aromatic rings. The van der Waals surface area contributed by atoms with Gasteiger partial charge in [0.1, 0.15) is 12.0 Å². The first-order valence-electron chi connectivity index (χ1n) is 5.55. The van der Waals surface area contributed by atoms with Crippen molar-refractivity contribution in [2.75, 3.05) is 5.32 Å². The molecular formula is C13H13N3O3. The molecule has 1 heterocycles. The van der Waals surface area contributed by atoms with Gasteiger partial charge in [0.15, 0.2) is 5.84 Å². The first kappa shape index (κ1) is 12.7. The van der Waals surface area contributed by atoms with Gasteiger partial charge < -0.3 is 20.7 Å². The molecule has 6 nitrogen and oxygen atoms in total. The normalized spacial score (nSPS) is 11.3. The minimum atomic E-state index is -0.324. The van der Waals surface area contributed by atoms with Crippen molar-refractivity contribution in [1.82, 2.24) is 0 Å². The number of hydrogen-bond acceptors (Lipinski definition) is 4. The van der Waals surface area contributed by atoms with Crippen LogP contribution in [0.2, 0.25) is 0 Å². The Kier molecular flexibility index (Phi) is 3.51. The van der Waals surface area contributed by atoms with E-state index < -0.39 is 0 Å². The lowest BCUT2D eigenvalue weighted by Crippen LogP contribution is -2.18. The predicted molar refractivity (Wildman–Crippen MR) is 70.4 cm³/mol. The highest BCUT2D eigenvalue weighted by molar-refractivity contribution is 6.09. The van der Waals surface area contributed by atoms with Gasteiger partial charge in [0.2, 0.25) is 0 Å². The average Bonchev–Trinajstić information content (AvgIpc) is 2.85. The summed E-state index contributed by atoms with van der Waals surface area (Å²) in [5.41, 5.74) is 6.86. The molecule has 0 aliphatic heterocycles. The Morgan fingerprint density at radius 3 is 2.79 bits per heavy atom. The smallest absolute Gasteiger partial charge is 0.258 e. The molecule has 0 aliphatic carbocycles. The van der Waals surface area contributed by atoms with Crippen LogP contribution in [0.3, 0.4) is 0 Å². The third kappa shape index (κ3) is 2.74. The summed E-state index contributed by atoms with van der Waals surface area (Å²) in [4.78, 5) is 12.0. The molecule has 19 heavy (non-hydrogen) atoms. The van der Waals surface area contributed by atoms with E-state index in [0.29, 0.717) is 22.6 Å². The van der Waals surface area contributed by atoms with E-state index in [2.05, 4.69) is 10.5 Å². The molecule has 6 heteroatoms. The van der Waals surface area contributed by atoms with E-state index in [1.54, 1.807) is 37.3 Å². The molecule has 0 unspecified atom stereocenters. The lowest BCUT2D eigenvalue weighted by Gasteiger charge is -2.08. The Balaban J connectivity index is 2.27. The van der Waals surface area contributed by atoms with Crippen LogP contribution in [0.1, 0.15) is 21.7 Å². The number of oxime groups is 1. The van der Waals surface area contributed by atoms with Gasteiger partial charge in [-0.2, -0.15) is 0 Å². The number of aryl methyl sites for hydroxylation is 1. The minimum Gasteiger partial charge on any atom is -0.469 e. The van der Waals surface area contributed by atoms with E-state index in [9.17, 15) is 4.79 Å². The van der Waals surface area contributed by atoms with E-state index in [1.807, 2.05) is 0 Å². The third-order valence-electron chi connectivity index (χ3n) is 2.55. The number of amides is 1. The maximum absolute atomic E-state index is 12.0. The van der Waals surface area contributed by atoms with Gasteiger partial charge >= 0.3 is 0 Å². The van der Waals surface area contributed by atoms with Crippen LogP contribution in [0.15, 0.2) is 46.2 Å². The maximum atomic E-state index is 12.0. The summed E-state index contributed by atoms with van der Waals surface area (Å²) in [5, 5.41) is 14.3. The molecule has 0 atom stereocenters. The Hall–Kier alpha value is -2.76. The number of anilines is 1. The molecule has 0 bridgehead atoms. The van der Waals surface area contributed by atoms with Crippen molar-refractivity contribution in [3.63, 3.8) is 0 Å². The molecule has 1 amide bonds. The highest BCUT2D eigenvalue weighted by Gasteiger charge is 2.12. The lowest BCUT2D eigenvalue weighted by molar-refractivity contribution is 0.102. The van der Waals surface area contributed by atoms with Crippen molar-refractivity contribution in [3.05, 3.63) is 53.5 Å². The van der Waals surface area contributed by atoms with E-state index in [4.69, 9.17) is 15.4 Å². The monoisotopic (exact) mass is 259 g/mol. The molecule has 0 spiro atoms. The second-order valence-corrected chi connectivity index (χ2v) is 3.93. The number of hydrogen-bond donors (Lipinski definition) is 3. The van der Waals surface area contributed by atoms with Crippen LogP contribution in [0, 0.1) is 6.92 Å². The van der Waals surface area contributed by atoms with Crippen molar-refractivity contribution in [3.8, 4) is 0 Å². The van der Waals surface area contributed by atoms with Crippen LogP contribution in [-0.2, 0) is 0 Å². The quantitative estimate of drug-likeness (QED) is 0.339. The van der Waals surface area contributed by atoms with Gasteiger partial charge in [0.25, 0.3) is 5.91 Å². The van der Waals surface area contributed by atoms with Crippen molar-refractivity contribution in [2.24, 2.45) is 10.9 Å². The van der Waals surface area contributed by atoms with Crippen LogP contribution >= 0.6 is 0 Å². The zero-order valence-corrected chi connectivity index (χ0v) is 10.3. The van der Waals surface area contributed by atoms with Crippen LogP contribution in [-0.4, -0.2) is 17.0 Å². The number of rotatable bonds is 3.